The molecule has 0 aliphatic carbocycles. The number of para-hydroxylation sites is 1. The van der Waals surface area contributed by atoms with Crippen molar-refractivity contribution in [1.82, 2.24) is 0 Å². The summed E-state index contributed by atoms with van der Waals surface area (Å²) >= 11 is 3.45. The standard InChI is InChI=1S/C14H13BrO/c1-11-6-8-13(9-7-11)16-14-5-3-2-4-12(14)10-15/h2-9H,10H2,1H3. The fourth-order valence-electron chi connectivity index (χ4n) is 1.45. The lowest BCUT2D eigenvalue weighted by molar-refractivity contribution is 0.478. The predicted molar refractivity (Wildman–Crippen MR) is 70.3 cm³/mol. The molecule has 0 aliphatic heterocycles. The van der Waals surface area contributed by atoms with Crippen molar-refractivity contribution in [2.24, 2.45) is 0 Å². The number of rotatable bonds is 3. The minimum absolute atomic E-state index is 0.801. The zero-order chi connectivity index (χ0) is 11.4. The highest BCUT2D eigenvalue weighted by molar-refractivity contribution is 9.08. The van der Waals surface area contributed by atoms with Crippen LogP contribution in [0.5, 0.6) is 11.5 Å². The lowest BCUT2D eigenvalue weighted by Crippen LogP contribution is -1.88. The van der Waals surface area contributed by atoms with Crippen molar-refractivity contribution in [2.45, 2.75) is 12.3 Å². The minimum Gasteiger partial charge on any atom is -0.457 e. The Morgan fingerprint density at radius 3 is 2.38 bits per heavy atom. The Morgan fingerprint density at radius 2 is 1.69 bits per heavy atom. The Morgan fingerprint density at radius 1 is 1.00 bits per heavy atom. The zero-order valence-corrected chi connectivity index (χ0v) is 10.7. The zero-order valence-electron chi connectivity index (χ0n) is 9.11. The molecular weight excluding hydrogens is 264 g/mol. The normalized spacial score (nSPS) is 10.1. The first-order valence-corrected chi connectivity index (χ1v) is 6.30. The van der Waals surface area contributed by atoms with Gasteiger partial charge >= 0.3 is 0 Å². The number of ether oxygens (including phenoxy) is 1. The molecule has 2 aromatic rings. The second-order valence-corrected chi connectivity index (χ2v) is 4.22. The SMILES string of the molecule is Cc1ccc(Oc2ccccc2CBr)cc1. The summed E-state index contributed by atoms with van der Waals surface area (Å²) in [5.41, 5.74) is 2.39. The first-order chi connectivity index (χ1) is 7.79. The van der Waals surface area contributed by atoms with Gasteiger partial charge in [-0.2, -0.15) is 0 Å². The molecule has 0 saturated carbocycles. The molecule has 16 heavy (non-hydrogen) atoms. The second-order valence-electron chi connectivity index (χ2n) is 3.66. The fourth-order valence-corrected chi connectivity index (χ4v) is 1.91. The number of benzene rings is 2. The predicted octanol–water partition coefficient (Wildman–Crippen LogP) is 4.68. The van der Waals surface area contributed by atoms with E-state index < -0.39 is 0 Å². The van der Waals surface area contributed by atoms with E-state index in [0.29, 0.717) is 0 Å². The summed E-state index contributed by atoms with van der Waals surface area (Å²) in [5, 5.41) is 0.801. The lowest BCUT2D eigenvalue weighted by Gasteiger charge is -2.09. The van der Waals surface area contributed by atoms with Gasteiger partial charge in [-0.05, 0) is 25.1 Å². The van der Waals surface area contributed by atoms with E-state index in [1.165, 1.54) is 5.56 Å². The summed E-state index contributed by atoms with van der Waals surface area (Å²) in [7, 11) is 0. The summed E-state index contributed by atoms with van der Waals surface area (Å²) in [6.45, 7) is 2.07. The molecule has 82 valence electrons. The molecule has 0 atom stereocenters. The Bertz CT molecular complexity index is 462. The fraction of sp³-hybridized carbons (Fsp3) is 0.143. The van der Waals surface area contributed by atoms with Crippen molar-refractivity contribution in [3.63, 3.8) is 0 Å². The molecule has 0 spiro atoms. The molecule has 0 bridgehead atoms. The van der Waals surface area contributed by atoms with Crippen LogP contribution in [0.4, 0.5) is 0 Å². The van der Waals surface area contributed by atoms with Gasteiger partial charge in [0.1, 0.15) is 11.5 Å². The molecule has 1 nitrogen and oxygen atoms in total. The van der Waals surface area contributed by atoms with E-state index >= 15 is 0 Å². The van der Waals surface area contributed by atoms with E-state index in [1.807, 2.05) is 42.5 Å². The van der Waals surface area contributed by atoms with Gasteiger partial charge in [-0.3, -0.25) is 0 Å². The highest BCUT2D eigenvalue weighted by Gasteiger charge is 2.02. The van der Waals surface area contributed by atoms with Gasteiger partial charge in [0.2, 0.25) is 0 Å². The molecule has 0 aliphatic rings. The highest BCUT2D eigenvalue weighted by atomic mass is 79.9. The number of halogens is 1. The molecule has 0 heterocycles. The molecule has 2 aromatic carbocycles. The third-order valence-electron chi connectivity index (χ3n) is 2.37. The van der Waals surface area contributed by atoms with Gasteiger partial charge in [-0.15, -0.1) is 0 Å². The summed E-state index contributed by atoms with van der Waals surface area (Å²) in [6.07, 6.45) is 0. The summed E-state index contributed by atoms with van der Waals surface area (Å²) in [6, 6.07) is 16.1. The second kappa shape index (κ2) is 5.17. The molecule has 0 fully saturated rings. The highest BCUT2D eigenvalue weighted by Crippen LogP contribution is 2.26. The van der Waals surface area contributed by atoms with Crippen LogP contribution in [0.15, 0.2) is 48.5 Å². The Labute approximate surface area is 104 Å². The maximum absolute atomic E-state index is 5.83. The first-order valence-electron chi connectivity index (χ1n) is 5.18. The van der Waals surface area contributed by atoms with Gasteiger partial charge in [0.15, 0.2) is 0 Å². The van der Waals surface area contributed by atoms with Crippen molar-refractivity contribution < 1.29 is 4.74 Å². The first kappa shape index (κ1) is 11.2. The van der Waals surface area contributed by atoms with Gasteiger partial charge in [-0.1, -0.05) is 51.8 Å². The third kappa shape index (κ3) is 2.64. The third-order valence-corrected chi connectivity index (χ3v) is 2.97. The molecular formula is C14H13BrO. The van der Waals surface area contributed by atoms with E-state index in [1.54, 1.807) is 0 Å². The van der Waals surface area contributed by atoms with Crippen LogP contribution in [0, 0.1) is 6.92 Å². The lowest BCUT2D eigenvalue weighted by atomic mass is 10.2. The minimum atomic E-state index is 0.801. The maximum Gasteiger partial charge on any atom is 0.131 e. The molecule has 0 amide bonds. The Kier molecular flexibility index (Phi) is 3.62. The molecule has 2 heteroatoms. The van der Waals surface area contributed by atoms with Crippen LogP contribution in [0.2, 0.25) is 0 Å². The smallest absolute Gasteiger partial charge is 0.131 e. The van der Waals surface area contributed by atoms with Crippen LogP contribution in [-0.4, -0.2) is 0 Å². The number of hydrogen-bond donors (Lipinski definition) is 0. The van der Waals surface area contributed by atoms with Gasteiger partial charge in [0.25, 0.3) is 0 Å². The molecule has 2 rings (SSSR count). The summed E-state index contributed by atoms with van der Waals surface area (Å²) < 4.78 is 5.83. The van der Waals surface area contributed by atoms with Crippen molar-refractivity contribution in [1.29, 1.82) is 0 Å². The van der Waals surface area contributed by atoms with Crippen LogP contribution < -0.4 is 4.74 Å². The monoisotopic (exact) mass is 276 g/mol. The largest absolute Gasteiger partial charge is 0.457 e. The van der Waals surface area contributed by atoms with Crippen LogP contribution >= 0.6 is 15.9 Å². The number of aryl methyl sites for hydroxylation is 1. The van der Waals surface area contributed by atoms with E-state index in [2.05, 4.69) is 28.9 Å². The molecule has 0 radical (unpaired) electrons. The van der Waals surface area contributed by atoms with Gasteiger partial charge < -0.3 is 4.74 Å². The topological polar surface area (TPSA) is 9.23 Å². The van der Waals surface area contributed by atoms with Crippen molar-refractivity contribution in [2.75, 3.05) is 0 Å². The van der Waals surface area contributed by atoms with Crippen molar-refractivity contribution >= 4 is 15.9 Å². The van der Waals surface area contributed by atoms with Crippen LogP contribution in [0.25, 0.3) is 0 Å². The van der Waals surface area contributed by atoms with Crippen molar-refractivity contribution in [3.8, 4) is 11.5 Å². The molecule has 0 N–H and O–H groups in total. The van der Waals surface area contributed by atoms with Crippen LogP contribution in [-0.2, 0) is 5.33 Å². The van der Waals surface area contributed by atoms with Crippen LogP contribution in [0.1, 0.15) is 11.1 Å². The quantitative estimate of drug-likeness (QED) is 0.740. The number of hydrogen-bond acceptors (Lipinski definition) is 1. The Balaban J connectivity index is 2.23. The van der Waals surface area contributed by atoms with Crippen molar-refractivity contribution in [3.05, 3.63) is 59.7 Å². The van der Waals surface area contributed by atoms with Gasteiger partial charge in [0.05, 0.1) is 0 Å². The maximum atomic E-state index is 5.83. The average Bonchev–Trinajstić information content (AvgIpc) is 2.33. The van der Waals surface area contributed by atoms with Gasteiger partial charge in [-0.25, -0.2) is 0 Å². The molecule has 0 unspecified atom stereocenters. The van der Waals surface area contributed by atoms with E-state index in [4.69, 9.17) is 4.74 Å². The molecule has 0 aromatic heterocycles. The van der Waals surface area contributed by atoms with Gasteiger partial charge in [0, 0.05) is 10.9 Å². The summed E-state index contributed by atoms with van der Waals surface area (Å²) in [4.78, 5) is 0. The van der Waals surface area contributed by atoms with Crippen LogP contribution in [0.3, 0.4) is 0 Å². The summed E-state index contributed by atoms with van der Waals surface area (Å²) in [5.74, 6) is 1.78. The van der Waals surface area contributed by atoms with E-state index in [-0.39, 0.29) is 0 Å². The van der Waals surface area contributed by atoms with E-state index in [0.717, 1.165) is 22.4 Å². The number of alkyl halides is 1. The Hall–Kier alpha value is -1.28. The molecule has 0 saturated heterocycles. The van der Waals surface area contributed by atoms with E-state index in [9.17, 15) is 0 Å². The average molecular weight is 277 g/mol.